The number of benzene rings is 7. The van der Waals surface area contributed by atoms with Gasteiger partial charge in [-0.05, 0) is 126 Å². The van der Waals surface area contributed by atoms with Crippen molar-refractivity contribution in [3.05, 3.63) is 196 Å². The smallest absolute Gasteiger partial charge is 0.231 e. The maximum absolute atomic E-state index is 6.13. The molecule has 1 spiro atoms. The summed E-state index contributed by atoms with van der Waals surface area (Å²) in [6, 6.07) is 49.5. The summed E-state index contributed by atoms with van der Waals surface area (Å²) in [5.41, 5.74) is 16.4. The van der Waals surface area contributed by atoms with Gasteiger partial charge in [0.15, 0.2) is 11.5 Å². The molecule has 3 aliphatic carbocycles. The van der Waals surface area contributed by atoms with Crippen molar-refractivity contribution in [3.63, 3.8) is 0 Å². The third-order valence-corrected chi connectivity index (χ3v) is 13.2. The highest BCUT2D eigenvalue weighted by atomic mass is 79.9. The molecule has 0 atom stereocenters. The van der Waals surface area contributed by atoms with Gasteiger partial charge in [0.2, 0.25) is 6.79 Å². The number of halogens is 4. The van der Waals surface area contributed by atoms with Crippen molar-refractivity contribution in [1.82, 2.24) is 0 Å². The Morgan fingerprint density at radius 1 is 0.373 bits per heavy atom. The molecule has 0 amide bonds. The zero-order chi connectivity index (χ0) is 34.2. The van der Waals surface area contributed by atoms with Crippen molar-refractivity contribution in [2.24, 2.45) is 0 Å². The fourth-order valence-corrected chi connectivity index (χ4v) is 12.3. The fourth-order valence-electron chi connectivity index (χ4n) is 9.71. The number of hydrogen-bond acceptors (Lipinski definition) is 2. The molecule has 7 aromatic rings. The topological polar surface area (TPSA) is 18.5 Å². The van der Waals surface area contributed by atoms with E-state index in [0.29, 0.717) is 0 Å². The quantitative estimate of drug-likeness (QED) is 0.172. The maximum atomic E-state index is 6.13. The van der Waals surface area contributed by atoms with E-state index in [1.54, 1.807) is 0 Å². The van der Waals surface area contributed by atoms with Crippen molar-refractivity contribution in [2.75, 3.05) is 6.79 Å². The minimum atomic E-state index is -0.699. The average Bonchev–Trinajstić information content (AvgIpc) is 3.86. The second kappa shape index (κ2) is 10.8. The van der Waals surface area contributed by atoms with E-state index in [1.807, 2.05) is 0 Å². The lowest BCUT2D eigenvalue weighted by Gasteiger charge is -2.35. The molecule has 2 nitrogen and oxygen atoms in total. The molecule has 0 saturated heterocycles. The standard InChI is InChI=1S/C45H24Br4O2/c46-26-15-24(16-27(47)19-26)44(25-17-28(48)20-29(49)18-25)37-13-14-38-42(43(37)33-21-40-41(22-39(33)44)51-23-50-40)32-9-3-6-12-36(32)45(38)34-10-4-1-7-30(34)31-8-2-5-11-35(31)45/h1-22H,23H2. The summed E-state index contributed by atoms with van der Waals surface area (Å²) in [4.78, 5) is 0. The lowest BCUT2D eigenvalue weighted by molar-refractivity contribution is 0.174. The highest BCUT2D eigenvalue weighted by Crippen LogP contribution is 2.68. The lowest BCUT2D eigenvalue weighted by atomic mass is 9.66. The molecule has 51 heavy (non-hydrogen) atoms. The molecule has 6 heteroatoms. The predicted octanol–water partition coefficient (Wildman–Crippen LogP) is 13.2. The molecule has 0 unspecified atom stereocenters. The number of fused-ring (bicyclic) bond motifs is 15. The summed E-state index contributed by atoms with van der Waals surface area (Å²) in [6.45, 7) is 0.204. The van der Waals surface area contributed by atoms with Gasteiger partial charge >= 0.3 is 0 Å². The van der Waals surface area contributed by atoms with E-state index in [1.165, 1.54) is 55.6 Å². The van der Waals surface area contributed by atoms with Gasteiger partial charge in [0.25, 0.3) is 0 Å². The molecule has 0 fully saturated rings. The number of rotatable bonds is 2. The van der Waals surface area contributed by atoms with Crippen LogP contribution in [0.2, 0.25) is 0 Å². The Labute approximate surface area is 329 Å². The van der Waals surface area contributed by atoms with Crippen molar-refractivity contribution in [1.29, 1.82) is 0 Å². The summed E-state index contributed by atoms with van der Waals surface area (Å²) >= 11 is 15.5. The molecule has 244 valence electrons. The van der Waals surface area contributed by atoms with Gasteiger partial charge in [0.05, 0.1) is 10.8 Å². The van der Waals surface area contributed by atoms with Crippen LogP contribution in [0, 0.1) is 0 Å². The minimum Gasteiger partial charge on any atom is -0.454 e. The average molecular weight is 916 g/mol. The van der Waals surface area contributed by atoms with Crippen LogP contribution in [0.25, 0.3) is 33.4 Å². The Bertz CT molecular complexity index is 2560. The minimum absolute atomic E-state index is 0.204. The zero-order valence-corrected chi connectivity index (χ0v) is 33.1. The summed E-state index contributed by atoms with van der Waals surface area (Å²) in [6.07, 6.45) is 0. The van der Waals surface area contributed by atoms with Crippen molar-refractivity contribution in [3.8, 4) is 44.9 Å². The SMILES string of the molecule is Brc1cc(Br)cc(C2(c3cc(Br)cc(Br)c3)c3cc4c(cc3-c3c2ccc2c3-c3ccccc3C23c2ccccc2-c2ccccc23)OCO4)c1. The van der Waals surface area contributed by atoms with E-state index in [9.17, 15) is 0 Å². The monoisotopic (exact) mass is 912 g/mol. The Morgan fingerprint density at radius 2 is 0.804 bits per heavy atom. The van der Waals surface area contributed by atoms with Crippen molar-refractivity contribution < 1.29 is 9.47 Å². The Hall–Kier alpha value is -3.94. The third kappa shape index (κ3) is 3.87. The van der Waals surface area contributed by atoms with E-state index in [2.05, 4.69) is 197 Å². The largest absolute Gasteiger partial charge is 0.454 e. The molecule has 0 N–H and O–H groups in total. The van der Waals surface area contributed by atoms with E-state index in [0.717, 1.165) is 51.6 Å². The van der Waals surface area contributed by atoms with Crippen LogP contribution < -0.4 is 9.47 Å². The van der Waals surface area contributed by atoms with Gasteiger partial charge in [-0.3, -0.25) is 0 Å². The van der Waals surface area contributed by atoms with Crippen LogP contribution in [0.3, 0.4) is 0 Å². The summed E-state index contributed by atoms with van der Waals surface area (Å²) < 4.78 is 16.2. The van der Waals surface area contributed by atoms with E-state index in [4.69, 9.17) is 9.47 Å². The molecule has 0 radical (unpaired) electrons. The zero-order valence-electron chi connectivity index (χ0n) is 26.7. The Morgan fingerprint density at radius 3 is 1.35 bits per heavy atom. The molecular formula is C45H24Br4O2. The van der Waals surface area contributed by atoms with E-state index in [-0.39, 0.29) is 6.79 Å². The summed E-state index contributed by atoms with van der Waals surface area (Å²) in [5.74, 6) is 1.54. The molecular weight excluding hydrogens is 892 g/mol. The molecule has 0 bridgehead atoms. The van der Waals surface area contributed by atoms with Crippen LogP contribution in [-0.4, -0.2) is 6.79 Å². The van der Waals surface area contributed by atoms with Gasteiger partial charge in [-0.25, -0.2) is 0 Å². The van der Waals surface area contributed by atoms with Crippen LogP contribution in [0.5, 0.6) is 11.5 Å². The van der Waals surface area contributed by atoms with Crippen LogP contribution in [-0.2, 0) is 10.8 Å². The first-order valence-electron chi connectivity index (χ1n) is 16.8. The Balaban J connectivity index is 1.35. The Kier molecular flexibility index (Phi) is 6.49. The van der Waals surface area contributed by atoms with Gasteiger partial charge in [-0.15, -0.1) is 0 Å². The van der Waals surface area contributed by atoms with E-state index < -0.39 is 10.8 Å². The highest BCUT2D eigenvalue weighted by molar-refractivity contribution is 9.11. The first-order chi connectivity index (χ1) is 24.9. The van der Waals surface area contributed by atoms with Gasteiger partial charge < -0.3 is 9.47 Å². The van der Waals surface area contributed by atoms with Crippen LogP contribution in [0.4, 0.5) is 0 Å². The second-order valence-corrected chi connectivity index (χ2v) is 17.3. The summed E-state index contributed by atoms with van der Waals surface area (Å²) in [7, 11) is 0. The predicted molar refractivity (Wildman–Crippen MR) is 217 cm³/mol. The number of hydrogen-bond donors (Lipinski definition) is 0. The molecule has 4 aliphatic rings. The molecule has 1 aliphatic heterocycles. The molecule has 1 heterocycles. The van der Waals surface area contributed by atoms with Crippen LogP contribution >= 0.6 is 63.7 Å². The lowest BCUT2D eigenvalue weighted by Crippen LogP contribution is -2.29. The van der Waals surface area contributed by atoms with E-state index >= 15 is 0 Å². The fraction of sp³-hybridized carbons (Fsp3) is 0.0667. The molecule has 0 saturated carbocycles. The molecule has 7 aromatic carbocycles. The normalized spacial score (nSPS) is 15.6. The second-order valence-electron chi connectivity index (χ2n) is 13.6. The number of ether oxygens (including phenoxy) is 2. The first-order valence-corrected chi connectivity index (χ1v) is 19.9. The highest BCUT2D eigenvalue weighted by Gasteiger charge is 2.55. The third-order valence-electron chi connectivity index (χ3n) is 11.3. The van der Waals surface area contributed by atoms with Gasteiger partial charge in [0, 0.05) is 17.9 Å². The van der Waals surface area contributed by atoms with Gasteiger partial charge in [0.1, 0.15) is 0 Å². The van der Waals surface area contributed by atoms with Crippen molar-refractivity contribution >= 4 is 63.7 Å². The van der Waals surface area contributed by atoms with Gasteiger partial charge in [-0.2, -0.15) is 0 Å². The molecule has 11 rings (SSSR count). The van der Waals surface area contributed by atoms with Crippen molar-refractivity contribution in [2.45, 2.75) is 10.8 Å². The molecule has 0 aromatic heterocycles. The van der Waals surface area contributed by atoms with Crippen LogP contribution in [0.15, 0.2) is 151 Å². The van der Waals surface area contributed by atoms with Crippen LogP contribution in [0.1, 0.15) is 44.5 Å². The maximum Gasteiger partial charge on any atom is 0.231 e. The van der Waals surface area contributed by atoms with Gasteiger partial charge in [-0.1, -0.05) is 149 Å². The first kappa shape index (κ1) is 30.7. The summed E-state index contributed by atoms with van der Waals surface area (Å²) in [5, 5.41) is 0.